The molecule has 0 radical (unpaired) electrons. The summed E-state index contributed by atoms with van der Waals surface area (Å²) in [5.74, 6) is 0.407. The van der Waals surface area contributed by atoms with Gasteiger partial charge < -0.3 is 9.84 Å². The van der Waals surface area contributed by atoms with Crippen molar-refractivity contribution in [2.24, 2.45) is 0 Å². The van der Waals surface area contributed by atoms with Crippen LogP contribution >= 0.6 is 0 Å². The van der Waals surface area contributed by atoms with E-state index in [2.05, 4.69) is 11.9 Å². The minimum Gasteiger partial charge on any atom is -0.508 e. The number of hydrogen-bond donors (Lipinski definition) is 1. The monoisotopic (exact) mass is 425 g/mol. The number of aromatic hydroxyl groups is 1. The van der Waals surface area contributed by atoms with Gasteiger partial charge in [-0.3, -0.25) is 4.98 Å². The van der Waals surface area contributed by atoms with Gasteiger partial charge >= 0.3 is 0 Å². The molecule has 1 fully saturated rings. The molecular weight excluding hydrogens is 398 g/mol. The Labute approximate surface area is 178 Å². The summed E-state index contributed by atoms with van der Waals surface area (Å²) in [7, 11) is -3.13. The van der Waals surface area contributed by atoms with Crippen LogP contribution in [0.15, 0.2) is 59.8 Å². The highest BCUT2D eigenvalue weighted by Crippen LogP contribution is 2.40. The van der Waals surface area contributed by atoms with Gasteiger partial charge in [-0.05, 0) is 66.3 Å². The molecule has 158 valence electrons. The van der Waals surface area contributed by atoms with Crippen molar-refractivity contribution in [2.45, 2.75) is 44.0 Å². The molecule has 3 heterocycles. The minimum absolute atomic E-state index is 0.162. The highest BCUT2D eigenvalue weighted by atomic mass is 32.2. The molecule has 2 aromatic rings. The number of aromatic nitrogens is 1. The molecule has 2 aliphatic heterocycles. The van der Waals surface area contributed by atoms with Gasteiger partial charge in [-0.15, -0.1) is 0 Å². The van der Waals surface area contributed by atoms with Crippen molar-refractivity contribution in [3.8, 4) is 5.75 Å². The number of rotatable bonds is 7. The fourth-order valence-corrected chi connectivity index (χ4v) is 6.45. The first kappa shape index (κ1) is 20.8. The quantitative estimate of drug-likeness (QED) is 0.666. The van der Waals surface area contributed by atoms with Crippen LogP contribution < -0.4 is 0 Å². The molecule has 1 saturated heterocycles. The standard InChI is InChI=1S/C24H27NO4S/c1-2-6-19-16-30(27,28)23-15-29-22(24(19)23)11-10-18(21-9-3-4-12-25-21)13-17-7-5-8-20(26)14-17/h3-5,7-9,12-14,22-23,26H,2,6,10-11,15-16H2,1H3/b18-13-/t22-,23+/m1/s1. The Morgan fingerprint density at radius 2 is 2.13 bits per heavy atom. The summed E-state index contributed by atoms with van der Waals surface area (Å²) in [6, 6.07) is 12.9. The number of hydrogen-bond acceptors (Lipinski definition) is 5. The molecule has 0 bridgehead atoms. The zero-order valence-electron chi connectivity index (χ0n) is 17.1. The first-order chi connectivity index (χ1) is 14.5. The summed E-state index contributed by atoms with van der Waals surface area (Å²) in [5, 5.41) is 9.34. The van der Waals surface area contributed by atoms with E-state index in [0.717, 1.165) is 40.8 Å². The lowest BCUT2D eigenvalue weighted by atomic mass is 9.94. The van der Waals surface area contributed by atoms with Crippen molar-refractivity contribution in [2.75, 3.05) is 12.4 Å². The van der Waals surface area contributed by atoms with Crippen molar-refractivity contribution in [1.29, 1.82) is 0 Å². The molecule has 0 amide bonds. The van der Waals surface area contributed by atoms with Crippen molar-refractivity contribution in [1.82, 2.24) is 4.98 Å². The number of phenols is 1. The number of nitrogens with zero attached hydrogens (tertiary/aromatic N) is 1. The van der Waals surface area contributed by atoms with Crippen molar-refractivity contribution in [3.05, 3.63) is 71.1 Å². The Balaban J connectivity index is 1.60. The Hall–Kier alpha value is -2.44. The number of pyridine rings is 1. The second-order valence-corrected chi connectivity index (χ2v) is 10.1. The Kier molecular flexibility index (Phi) is 6.06. The fourth-order valence-electron chi connectivity index (χ4n) is 4.46. The molecule has 30 heavy (non-hydrogen) atoms. The predicted molar refractivity (Wildman–Crippen MR) is 119 cm³/mol. The first-order valence-electron chi connectivity index (χ1n) is 10.4. The maximum atomic E-state index is 12.5. The molecule has 1 aromatic carbocycles. The van der Waals surface area contributed by atoms with Crippen LogP contribution in [-0.4, -0.2) is 42.2 Å². The Morgan fingerprint density at radius 1 is 1.27 bits per heavy atom. The van der Waals surface area contributed by atoms with Gasteiger partial charge in [-0.1, -0.05) is 37.1 Å². The van der Waals surface area contributed by atoms with Crippen LogP contribution in [0.25, 0.3) is 11.6 Å². The van der Waals surface area contributed by atoms with Crippen LogP contribution in [0.2, 0.25) is 0 Å². The molecule has 6 heteroatoms. The number of allylic oxidation sites excluding steroid dienone is 1. The molecule has 0 saturated carbocycles. The van der Waals surface area contributed by atoms with E-state index in [1.165, 1.54) is 0 Å². The van der Waals surface area contributed by atoms with Gasteiger partial charge in [-0.2, -0.15) is 0 Å². The predicted octanol–water partition coefficient (Wildman–Crippen LogP) is 4.40. The van der Waals surface area contributed by atoms with E-state index >= 15 is 0 Å². The molecule has 0 spiro atoms. The van der Waals surface area contributed by atoms with E-state index in [1.54, 1.807) is 18.3 Å². The van der Waals surface area contributed by atoms with E-state index in [-0.39, 0.29) is 24.2 Å². The SMILES string of the molecule is CCCC1=C2[C@@H](CC/C(=C/c3cccc(O)c3)c3ccccn3)OC[C@@H]2S(=O)(=O)C1. The molecule has 2 atom stereocenters. The Bertz CT molecular complexity index is 1070. The smallest absolute Gasteiger partial charge is 0.163 e. The van der Waals surface area contributed by atoms with E-state index < -0.39 is 15.1 Å². The maximum absolute atomic E-state index is 12.5. The Morgan fingerprint density at radius 3 is 2.87 bits per heavy atom. The second kappa shape index (κ2) is 8.74. The lowest BCUT2D eigenvalue weighted by Gasteiger charge is -2.15. The molecule has 4 rings (SSSR count). The molecule has 0 aliphatic carbocycles. The van der Waals surface area contributed by atoms with Crippen LogP contribution in [-0.2, 0) is 14.6 Å². The van der Waals surface area contributed by atoms with Gasteiger partial charge in [0.1, 0.15) is 11.0 Å². The topological polar surface area (TPSA) is 76.5 Å². The molecule has 1 N–H and O–H groups in total. The second-order valence-electron chi connectivity index (χ2n) is 7.94. The zero-order valence-corrected chi connectivity index (χ0v) is 17.9. The van der Waals surface area contributed by atoms with Gasteiger partial charge in [0.2, 0.25) is 0 Å². The summed E-state index contributed by atoms with van der Waals surface area (Å²) < 4.78 is 31.0. The van der Waals surface area contributed by atoms with Gasteiger partial charge in [0.05, 0.1) is 24.2 Å². The van der Waals surface area contributed by atoms with Crippen LogP contribution in [0.5, 0.6) is 5.75 Å². The summed E-state index contributed by atoms with van der Waals surface area (Å²) in [5.41, 5.74) is 4.87. The molecule has 1 aromatic heterocycles. The maximum Gasteiger partial charge on any atom is 0.163 e. The first-order valence-corrected chi connectivity index (χ1v) is 12.2. The third-order valence-electron chi connectivity index (χ3n) is 5.79. The third kappa shape index (κ3) is 4.35. The largest absolute Gasteiger partial charge is 0.508 e. The number of fused-ring (bicyclic) bond motifs is 1. The summed E-state index contributed by atoms with van der Waals surface area (Å²) in [6.07, 6.45) is 6.79. The summed E-state index contributed by atoms with van der Waals surface area (Å²) >= 11 is 0. The third-order valence-corrected chi connectivity index (χ3v) is 7.80. The molecular formula is C24H27NO4S. The molecule has 2 aliphatic rings. The highest BCUT2D eigenvalue weighted by molar-refractivity contribution is 7.92. The van der Waals surface area contributed by atoms with Crippen molar-refractivity contribution >= 4 is 21.5 Å². The summed E-state index contributed by atoms with van der Waals surface area (Å²) in [6.45, 7) is 2.35. The van der Waals surface area contributed by atoms with E-state index in [1.807, 2.05) is 36.4 Å². The average Bonchev–Trinajstić information content (AvgIpc) is 3.26. The van der Waals surface area contributed by atoms with Gasteiger partial charge in [0.15, 0.2) is 9.84 Å². The number of sulfone groups is 1. The van der Waals surface area contributed by atoms with Crippen LogP contribution in [0.3, 0.4) is 0 Å². The van der Waals surface area contributed by atoms with Crippen LogP contribution in [0.4, 0.5) is 0 Å². The average molecular weight is 426 g/mol. The normalized spacial score (nSPS) is 23.0. The van der Waals surface area contributed by atoms with Crippen LogP contribution in [0, 0.1) is 0 Å². The zero-order chi connectivity index (χ0) is 21.1. The number of benzene rings is 1. The van der Waals surface area contributed by atoms with Gasteiger partial charge in [0, 0.05) is 6.20 Å². The van der Waals surface area contributed by atoms with Gasteiger partial charge in [-0.25, -0.2) is 8.42 Å². The van der Waals surface area contributed by atoms with Crippen molar-refractivity contribution < 1.29 is 18.3 Å². The summed E-state index contributed by atoms with van der Waals surface area (Å²) in [4.78, 5) is 4.50. The minimum atomic E-state index is -3.13. The van der Waals surface area contributed by atoms with E-state index in [0.29, 0.717) is 12.8 Å². The highest BCUT2D eigenvalue weighted by Gasteiger charge is 2.46. The number of ether oxygens (including phenoxy) is 1. The van der Waals surface area contributed by atoms with Crippen LogP contribution in [0.1, 0.15) is 43.9 Å². The lowest BCUT2D eigenvalue weighted by molar-refractivity contribution is 0.118. The van der Waals surface area contributed by atoms with Gasteiger partial charge in [0.25, 0.3) is 0 Å². The number of phenolic OH excluding ortho intramolecular Hbond substituents is 1. The molecule has 0 unspecified atom stereocenters. The van der Waals surface area contributed by atoms with E-state index in [4.69, 9.17) is 4.74 Å². The lowest BCUT2D eigenvalue weighted by Crippen LogP contribution is -2.19. The fraction of sp³-hybridized carbons (Fsp3) is 0.375. The van der Waals surface area contributed by atoms with Crippen molar-refractivity contribution in [3.63, 3.8) is 0 Å². The van der Waals surface area contributed by atoms with E-state index in [9.17, 15) is 13.5 Å². The molecule has 5 nitrogen and oxygen atoms in total.